The van der Waals surface area contributed by atoms with Gasteiger partial charge in [-0.3, -0.25) is 14.4 Å². The third-order valence-corrected chi connectivity index (χ3v) is 7.40. The topological polar surface area (TPSA) is 134 Å². The molecule has 43 heavy (non-hydrogen) atoms. The summed E-state index contributed by atoms with van der Waals surface area (Å²) in [7, 11) is 0. The average molecular weight is 603 g/mol. The highest BCUT2D eigenvalue weighted by Crippen LogP contribution is 2.21. The van der Waals surface area contributed by atoms with E-state index in [-0.39, 0.29) is 43.1 Å². The third-order valence-electron chi connectivity index (χ3n) is 7.40. The fraction of sp³-hybridized carbons (Fsp3) is 0.559. The van der Waals surface area contributed by atoms with Gasteiger partial charge in [-0.2, -0.15) is 0 Å². The first-order chi connectivity index (χ1) is 22.8. The lowest BCUT2D eigenvalue weighted by Gasteiger charge is -2.34. The maximum atomic E-state index is 12.9. The van der Waals surface area contributed by atoms with Gasteiger partial charge in [0.1, 0.15) is 29.8 Å². The zero-order chi connectivity index (χ0) is 35.4. The monoisotopic (exact) mass is 602 g/mol. The van der Waals surface area contributed by atoms with Crippen LogP contribution in [-0.2, 0) is 20.7 Å². The number of hydrogen-bond donors (Lipinski definition) is 3. The number of aliphatic hydroxyl groups is 3. The van der Waals surface area contributed by atoms with Crippen molar-refractivity contribution in [1.82, 2.24) is 4.90 Å². The normalized spacial score (nSPS) is 21.6. The fourth-order valence-corrected chi connectivity index (χ4v) is 4.76. The Morgan fingerprint density at radius 1 is 0.884 bits per heavy atom. The maximum absolute atomic E-state index is 12.9. The second-order valence-corrected chi connectivity index (χ2v) is 10.9. The van der Waals surface area contributed by atoms with E-state index in [1.54, 1.807) is 29.2 Å². The van der Waals surface area contributed by atoms with Crippen molar-refractivity contribution in [2.24, 2.45) is 0 Å². The van der Waals surface area contributed by atoms with Gasteiger partial charge in [-0.15, -0.1) is 0 Å². The molecule has 1 saturated heterocycles. The number of aliphatic hydroxyl groups excluding tert-OH is 3. The lowest BCUT2D eigenvalue weighted by Crippen LogP contribution is -2.54. The molecular weight excluding hydrogens is 550 g/mol. The molecular formula is C34H47NO8. The molecule has 236 valence electrons. The van der Waals surface area contributed by atoms with Gasteiger partial charge in [0, 0.05) is 44.3 Å². The second-order valence-electron chi connectivity index (χ2n) is 10.9. The predicted molar refractivity (Wildman–Crippen MR) is 163 cm³/mol. The molecule has 0 aromatic heterocycles. The lowest BCUT2D eigenvalue weighted by atomic mass is 10.0. The molecule has 0 saturated carbocycles. The molecule has 0 spiro atoms. The van der Waals surface area contributed by atoms with E-state index in [0.29, 0.717) is 31.7 Å². The second kappa shape index (κ2) is 18.5. The van der Waals surface area contributed by atoms with Gasteiger partial charge in [0.2, 0.25) is 12.2 Å². The minimum absolute atomic E-state index is 0.0140. The van der Waals surface area contributed by atoms with E-state index in [1.807, 2.05) is 6.92 Å². The van der Waals surface area contributed by atoms with Crippen molar-refractivity contribution in [3.05, 3.63) is 65.6 Å². The van der Waals surface area contributed by atoms with E-state index in [9.17, 15) is 29.7 Å². The van der Waals surface area contributed by atoms with Gasteiger partial charge in [0.15, 0.2) is 5.78 Å². The maximum Gasteiger partial charge on any atom is 0.228 e. The molecule has 1 heterocycles. The molecule has 9 heteroatoms. The minimum Gasteiger partial charge on any atom is -0.462 e. The molecule has 4 atom stereocenters. The largest absolute Gasteiger partial charge is 0.462 e. The molecule has 0 aliphatic carbocycles. The average Bonchev–Trinajstić information content (AvgIpc) is 3.07. The SMILES string of the molecule is [2H]c1c([2H])c([2H])c(C(=O)CCCCCCCN(CCC(=O)Cc2ccc(OC3OCC(O)C(O)C3O)cc2)C(=O)CCCC)c([2H])c1[2H]. The number of ether oxygens (including phenoxy) is 2. The molecule has 2 aromatic carbocycles. The summed E-state index contributed by atoms with van der Waals surface area (Å²) in [5.74, 6) is -0.110. The van der Waals surface area contributed by atoms with Crippen LogP contribution in [0.1, 0.15) is 93.9 Å². The number of amides is 1. The number of ketones is 2. The molecule has 4 unspecified atom stereocenters. The number of carbonyl (C=O) groups is 3. The Hall–Kier alpha value is -3.11. The van der Waals surface area contributed by atoms with Gasteiger partial charge < -0.3 is 29.7 Å². The van der Waals surface area contributed by atoms with Gasteiger partial charge in [-0.05, 0) is 37.0 Å². The van der Waals surface area contributed by atoms with Crippen LogP contribution in [0.25, 0.3) is 0 Å². The zero-order valence-corrected chi connectivity index (χ0v) is 24.8. The Balaban J connectivity index is 1.41. The Morgan fingerprint density at radius 2 is 1.58 bits per heavy atom. The Kier molecular flexibility index (Phi) is 11.8. The Morgan fingerprint density at radius 3 is 2.30 bits per heavy atom. The molecule has 3 N–H and O–H groups in total. The molecule has 1 fully saturated rings. The van der Waals surface area contributed by atoms with E-state index in [0.717, 1.165) is 44.1 Å². The van der Waals surface area contributed by atoms with Gasteiger partial charge >= 0.3 is 0 Å². The van der Waals surface area contributed by atoms with Crippen molar-refractivity contribution in [2.45, 2.75) is 102 Å². The molecule has 1 aliphatic rings. The van der Waals surface area contributed by atoms with Crippen LogP contribution >= 0.6 is 0 Å². The lowest BCUT2D eigenvalue weighted by molar-refractivity contribution is -0.242. The summed E-state index contributed by atoms with van der Waals surface area (Å²) >= 11 is 0. The van der Waals surface area contributed by atoms with Crippen molar-refractivity contribution >= 4 is 17.5 Å². The Bertz CT molecular complexity index is 1360. The number of unbranched alkanes of at least 4 members (excludes halogenated alkanes) is 5. The number of hydrogen-bond acceptors (Lipinski definition) is 8. The molecule has 3 rings (SSSR count). The van der Waals surface area contributed by atoms with E-state index in [4.69, 9.17) is 16.3 Å². The molecule has 1 aliphatic heterocycles. The van der Waals surface area contributed by atoms with E-state index in [1.165, 1.54) is 0 Å². The summed E-state index contributed by atoms with van der Waals surface area (Å²) in [6, 6.07) is 4.18. The quantitative estimate of drug-likeness (QED) is 0.161. The minimum atomic E-state index is -1.41. The van der Waals surface area contributed by atoms with Gasteiger partial charge in [0.25, 0.3) is 0 Å². The third kappa shape index (κ3) is 11.8. The van der Waals surface area contributed by atoms with E-state index in [2.05, 4.69) is 0 Å². The van der Waals surface area contributed by atoms with Crippen LogP contribution in [0, 0.1) is 0 Å². The van der Waals surface area contributed by atoms with E-state index >= 15 is 0 Å². The van der Waals surface area contributed by atoms with Crippen LogP contribution in [-0.4, -0.2) is 82.0 Å². The van der Waals surface area contributed by atoms with Crippen LogP contribution in [0.2, 0.25) is 0 Å². The summed E-state index contributed by atoms with van der Waals surface area (Å²) in [6.45, 7) is 2.68. The summed E-state index contributed by atoms with van der Waals surface area (Å²) in [5.41, 5.74) is 0.485. The van der Waals surface area contributed by atoms with Crippen LogP contribution in [0.4, 0.5) is 0 Å². The van der Waals surface area contributed by atoms with Crippen molar-refractivity contribution in [1.29, 1.82) is 0 Å². The summed E-state index contributed by atoms with van der Waals surface area (Å²) in [4.78, 5) is 40.1. The highest BCUT2D eigenvalue weighted by Gasteiger charge is 2.39. The van der Waals surface area contributed by atoms with Crippen molar-refractivity contribution in [3.63, 3.8) is 0 Å². The summed E-state index contributed by atoms with van der Waals surface area (Å²) in [6.07, 6.45) is 0.986. The first-order valence-corrected chi connectivity index (χ1v) is 15.2. The number of carbonyl (C=O) groups excluding carboxylic acids is 3. The smallest absolute Gasteiger partial charge is 0.228 e. The van der Waals surface area contributed by atoms with Crippen molar-refractivity contribution in [3.8, 4) is 5.75 Å². The van der Waals surface area contributed by atoms with Gasteiger partial charge in [-0.25, -0.2) is 0 Å². The highest BCUT2D eigenvalue weighted by molar-refractivity contribution is 5.95. The summed E-state index contributed by atoms with van der Waals surface area (Å²) < 4.78 is 49.9. The number of Topliss-reactive ketones (excluding diaryl/α,β-unsaturated/α-hetero) is 2. The zero-order valence-electron chi connectivity index (χ0n) is 29.8. The standard InChI is InChI=1S/C34H47NO8/c1-2-3-15-31(39)35(21-11-6-4-5-10-14-29(37)26-12-8-7-9-13-26)22-20-27(36)23-25-16-18-28(19-17-25)43-34-33(41)32(40)30(38)24-42-34/h7-9,12-13,16-19,30,32-34,38,40-41H,2-6,10-11,14-15,20-24H2,1H3/i7D,8D,9D,12D,13D. The molecule has 9 nitrogen and oxygen atoms in total. The predicted octanol–water partition coefficient (Wildman–Crippen LogP) is 4.25. The van der Waals surface area contributed by atoms with E-state index < -0.39 is 60.6 Å². The number of benzene rings is 2. The van der Waals surface area contributed by atoms with Crippen LogP contribution in [0.5, 0.6) is 5.75 Å². The van der Waals surface area contributed by atoms with Crippen molar-refractivity contribution in [2.75, 3.05) is 19.7 Å². The van der Waals surface area contributed by atoms with Crippen LogP contribution in [0.15, 0.2) is 54.5 Å². The van der Waals surface area contributed by atoms with Crippen molar-refractivity contribution < 1.29 is 46.0 Å². The summed E-state index contributed by atoms with van der Waals surface area (Å²) in [5, 5.41) is 29.5. The number of rotatable bonds is 19. The first-order valence-electron chi connectivity index (χ1n) is 17.7. The molecule has 2 aromatic rings. The molecule has 0 bridgehead atoms. The van der Waals surface area contributed by atoms with Gasteiger partial charge in [0.05, 0.1) is 13.5 Å². The fourth-order valence-electron chi connectivity index (χ4n) is 4.76. The molecule has 0 radical (unpaired) electrons. The highest BCUT2D eigenvalue weighted by atomic mass is 16.7. The molecule has 1 amide bonds. The first kappa shape index (κ1) is 27.4. The van der Waals surface area contributed by atoms with Crippen LogP contribution < -0.4 is 4.74 Å². The Labute approximate surface area is 261 Å². The number of nitrogens with zero attached hydrogens (tertiary/aromatic N) is 1. The van der Waals surface area contributed by atoms with Crippen LogP contribution in [0.3, 0.4) is 0 Å². The van der Waals surface area contributed by atoms with Gasteiger partial charge in [-0.1, -0.05) is 75.0 Å².